The second-order valence-electron chi connectivity index (χ2n) is 18.4. The first kappa shape index (κ1) is 55.4. The number of carbonyl (C=O) groups is 3. The summed E-state index contributed by atoms with van der Waals surface area (Å²) in [4.78, 5) is 37.8. The largest absolute Gasteiger partial charge is 0.462 e. The minimum atomic E-state index is -0.761. The highest BCUT2D eigenvalue weighted by molar-refractivity contribution is 5.71. The second kappa shape index (κ2) is 44.0. The van der Waals surface area contributed by atoms with Gasteiger partial charge in [-0.1, -0.05) is 240 Å². The van der Waals surface area contributed by atoms with Gasteiger partial charge < -0.3 is 14.2 Å². The van der Waals surface area contributed by atoms with Crippen LogP contribution < -0.4 is 0 Å². The summed E-state index contributed by atoms with van der Waals surface area (Å²) in [5, 5.41) is 0. The zero-order valence-electron chi connectivity index (χ0n) is 39.0. The van der Waals surface area contributed by atoms with Crippen LogP contribution in [0.15, 0.2) is 0 Å². The summed E-state index contributed by atoms with van der Waals surface area (Å²) in [6.07, 6.45) is 43.9. The van der Waals surface area contributed by atoms with Crippen LogP contribution in [0.25, 0.3) is 0 Å². The van der Waals surface area contributed by atoms with Crippen LogP contribution in [0.4, 0.5) is 0 Å². The molecule has 1 atom stereocenters. The van der Waals surface area contributed by atoms with Crippen molar-refractivity contribution in [1.82, 2.24) is 0 Å². The van der Waals surface area contributed by atoms with E-state index in [0.29, 0.717) is 19.3 Å². The van der Waals surface area contributed by atoms with E-state index >= 15 is 0 Å². The Morgan fingerprint density at radius 1 is 0.333 bits per heavy atom. The van der Waals surface area contributed by atoms with Crippen molar-refractivity contribution in [2.75, 3.05) is 13.2 Å². The minimum Gasteiger partial charge on any atom is -0.462 e. The maximum atomic E-state index is 12.8. The van der Waals surface area contributed by atoms with Gasteiger partial charge in [0.1, 0.15) is 13.2 Å². The van der Waals surface area contributed by atoms with Gasteiger partial charge in [0, 0.05) is 19.3 Å². The Hall–Kier alpha value is -1.59. The van der Waals surface area contributed by atoms with Crippen LogP contribution in [0.1, 0.15) is 279 Å². The van der Waals surface area contributed by atoms with Crippen molar-refractivity contribution >= 4 is 17.9 Å². The third kappa shape index (κ3) is 45.3. The molecule has 0 aromatic carbocycles. The molecular weight excluding hydrogens is 709 g/mol. The molecule has 0 spiro atoms. The van der Waals surface area contributed by atoms with E-state index in [1.54, 1.807) is 0 Å². The molecule has 6 heteroatoms. The van der Waals surface area contributed by atoms with Crippen molar-refractivity contribution in [2.24, 2.45) is 11.8 Å². The molecule has 0 aliphatic rings. The van der Waals surface area contributed by atoms with Crippen molar-refractivity contribution in [1.29, 1.82) is 0 Å². The topological polar surface area (TPSA) is 78.9 Å². The van der Waals surface area contributed by atoms with Gasteiger partial charge in [-0.3, -0.25) is 14.4 Å². The van der Waals surface area contributed by atoms with Crippen LogP contribution in [0.5, 0.6) is 0 Å². The first-order valence-corrected chi connectivity index (χ1v) is 25.2. The van der Waals surface area contributed by atoms with Crippen LogP contribution in [-0.2, 0) is 28.6 Å². The maximum Gasteiger partial charge on any atom is 0.306 e. The van der Waals surface area contributed by atoms with E-state index in [4.69, 9.17) is 14.2 Å². The van der Waals surface area contributed by atoms with Gasteiger partial charge in [-0.25, -0.2) is 0 Å². The van der Waals surface area contributed by atoms with E-state index < -0.39 is 6.10 Å². The molecule has 0 aromatic rings. The summed E-state index contributed by atoms with van der Waals surface area (Å²) in [6.45, 7) is 11.3. The quantitative estimate of drug-likeness (QED) is 0.0346. The number of unbranched alkanes of at least 4 members (excludes halogenated alkanes) is 30. The molecule has 0 fully saturated rings. The molecular formula is C51H98O6. The maximum absolute atomic E-state index is 12.8. The smallest absolute Gasteiger partial charge is 0.306 e. The summed E-state index contributed by atoms with van der Waals surface area (Å²) < 4.78 is 16.8. The minimum absolute atomic E-state index is 0.0646. The molecule has 0 unspecified atom stereocenters. The highest BCUT2D eigenvalue weighted by Crippen LogP contribution is 2.17. The van der Waals surface area contributed by atoms with Crippen LogP contribution >= 0.6 is 0 Å². The van der Waals surface area contributed by atoms with E-state index in [0.717, 1.165) is 69.6 Å². The first-order valence-electron chi connectivity index (χ1n) is 25.2. The molecule has 338 valence electrons. The highest BCUT2D eigenvalue weighted by Gasteiger charge is 2.19. The zero-order chi connectivity index (χ0) is 41.9. The lowest BCUT2D eigenvalue weighted by atomic mass is 10.0. The number of carbonyl (C=O) groups excluding carboxylic acids is 3. The highest BCUT2D eigenvalue weighted by atomic mass is 16.6. The van der Waals surface area contributed by atoms with E-state index in [9.17, 15) is 14.4 Å². The molecule has 6 nitrogen and oxygen atoms in total. The summed E-state index contributed by atoms with van der Waals surface area (Å²) in [6, 6.07) is 0. The average molecular weight is 807 g/mol. The SMILES string of the molecule is CCCCCCCCCCCCCCCCCC(=O)OC[C@H](COC(=O)CCCCCCCCC(C)C)OC(=O)CCCCCCCCCCCCCCC(C)C. The number of rotatable bonds is 45. The van der Waals surface area contributed by atoms with Gasteiger partial charge in [0.2, 0.25) is 0 Å². The third-order valence-electron chi connectivity index (χ3n) is 11.5. The molecule has 0 aliphatic carbocycles. The number of hydrogen-bond acceptors (Lipinski definition) is 6. The lowest BCUT2D eigenvalue weighted by Crippen LogP contribution is -2.30. The van der Waals surface area contributed by atoms with Gasteiger partial charge in [0.15, 0.2) is 6.10 Å². The fraction of sp³-hybridized carbons (Fsp3) is 0.941. The summed E-state index contributed by atoms with van der Waals surface area (Å²) >= 11 is 0. The van der Waals surface area contributed by atoms with Crippen LogP contribution in [0.3, 0.4) is 0 Å². The van der Waals surface area contributed by atoms with Crippen molar-refractivity contribution in [2.45, 2.75) is 285 Å². The predicted molar refractivity (Wildman–Crippen MR) is 243 cm³/mol. The Morgan fingerprint density at radius 2 is 0.579 bits per heavy atom. The second-order valence-corrected chi connectivity index (χ2v) is 18.4. The van der Waals surface area contributed by atoms with Gasteiger partial charge in [-0.2, -0.15) is 0 Å². The van der Waals surface area contributed by atoms with Crippen molar-refractivity contribution in [3.05, 3.63) is 0 Å². The van der Waals surface area contributed by atoms with E-state index in [1.807, 2.05) is 0 Å². The third-order valence-corrected chi connectivity index (χ3v) is 11.5. The molecule has 0 amide bonds. The molecule has 57 heavy (non-hydrogen) atoms. The van der Waals surface area contributed by atoms with E-state index in [2.05, 4.69) is 34.6 Å². The molecule has 0 saturated heterocycles. The number of hydrogen-bond donors (Lipinski definition) is 0. The van der Waals surface area contributed by atoms with Gasteiger partial charge >= 0.3 is 17.9 Å². The normalized spacial score (nSPS) is 12.1. The van der Waals surface area contributed by atoms with Crippen molar-refractivity contribution in [3.8, 4) is 0 Å². The predicted octanol–water partition coefficient (Wildman–Crippen LogP) is 16.1. The monoisotopic (exact) mass is 807 g/mol. The van der Waals surface area contributed by atoms with Gasteiger partial charge in [0.05, 0.1) is 0 Å². The fourth-order valence-corrected chi connectivity index (χ4v) is 7.64. The lowest BCUT2D eigenvalue weighted by Gasteiger charge is -2.18. The Morgan fingerprint density at radius 3 is 0.860 bits per heavy atom. The van der Waals surface area contributed by atoms with Gasteiger partial charge in [-0.15, -0.1) is 0 Å². The summed E-state index contributed by atoms with van der Waals surface area (Å²) in [5.41, 5.74) is 0. The summed E-state index contributed by atoms with van der Waals surface area (Å²) in [7, 11) is 0. The standard InChI is InChI=1S/C51H98O6/c1-6-7-8-9-10-11-12-13-14-15-19-22-25-31-36-41-49(52)55-44-48(45-56-50(53)42-37-32-28-27-30-35-40-47(4)5)57-51(54)43-38-33-26-23-20-17-16-18-21-24-29-34-39-46(2)3/h46-48H,6-45H2,1-5H3/t48-/m1/s1. The van der Waals surface area contributed by atoms with Crippen molar-refractivity contribution < 1.29 is 28.6 Å². The van der Waals surface area contributed by atoms with Crippen molar-refractivity contribution in [3.63, 3.8) is 0 Å². The first-order chi connectivity index (χ1) is 27.7. The molecule has 0 aromatic heterocycles. The lowest BCUT2D eigenvalue weighted by molar-refractivity contribution is -0.167. The zero-order valence-corrected chi connectivity index (χ0v) is 39.0. The molecule has 0 aliphatic heterocycles. The molecule has 0 radical (unpaired) electrons. The van der Waals surface area contributed by atoms with Crippen LogP contribution in [0, 0.1) is 11.8 Å². The molecule has 0 bridgehead atoms. The average Bonchev–Trinajstić information content (AvgIpc) is 3.18. The number of esters is 3. The van der Waals surface area contributed by atoms with Crippen LogP contribution in [0.2, 0.25) is 0 Å². The Bertz CT molecular complexity index is 870. The van der Waals surface area contributed by atoms with E-state index in [-0.39, 0.29) is 31.1 Å². The Balaban J connectivity index is 4.28. The van der Waals surface area contributed by atoms with Crippen LogP contribution in [-0.4, -0.2) is 37.2 Å². The Labute approximate surface area is 355 Å². The Kier molecular flexibility index (Phi) is 42.7. The summed E-state index contributed by atoms with van der Waals surface area (Å²) in [5.74, 6) is 0.741. The number of ether oxygens (including phenoxy) is 3. The van der Waals surface area contributed by atoms with Gasteiger partial charge in [0.25, 0.3) is 0 Å². The molecule has 0 saturated carbocycles. The molecule has 0 heterocycles. The van der Waals surface area contributed by atoms with E-state index in [1.165, 1.54) is 167 Å². The fourth-order valence-electron chi connectivity index (χ4n) is 7.64. The molecule has 0 rings (SSSR count). The van der Waals surface area contributed by atoms with Gasteiger partial charge in [-0.05, 0) is 31.1 Å². The molecule has 0 N–H and O–H groups in total.